The number of hydrogen-bond donors (Lipinski definition) is 0. The SMILES string of the molecule is [Fe].c1ccncc1.c1ccncc1.c1ccncc1. The average molecular weight is 293 g/mol. The van der Waals surface area contributed by atoms with Crippen LogP contribution in [0.3, 0.4) is 0 Å². The maximum absolute atomic E-state index is 3.78. The van der Waals surface area contributed by atoms with Crippen molar-refractivity contribution in [3.05, 3.63) is 91.8 Å². The first kappa shape index (κ1) is 17.0. The number of pyridine rings is 3. The molecule has 0 radical (unpaired) electrons. The monoisotopic (exact) mass is 293 g/mol. The molecule has 0 bridgehead atoms. The van der Waals surface area contributed by atoms with Crippen molar-refractivity contribution in [1.29, 1.82) is 0 Å². The molecule has 0 aliphatic carbocycles. The molecule has 0 aliphatic heterocycles. The summed E-state index contributed by atoms with van der Waals surface area (Å²) in [5.41, 5.74) is 0. The van der Waals surface area contributed by atoms with E-state index in [-0.39, 0.29) is 17.1 Å². The summed E-state index contributed by atoms with van der Waals surface area (Å²) in [6, 6.07) is 17.1. The normalized spacial score (nSPS) is 7.58. The molecule has 0 unspecified atom stereocenters. The average Bonchev–Trinajstić information content (AvgIpc) is 2.54. The van der Waals surface area contributed by atoms with Gasteiger partial charge in [-0.05, 0) is 36.4 Å². The molecule has 0 spiro atoms. The molecule has 0 saturated carbocycles. The molecule has 3 aromatic rings. The molecule has 3 heterocycles. The second-order valence-electron chi connectivity index (χ2n) is 3.07. The van der Waals surface area contributed by atoms with Gasteiger partial charge in [0.1, 0.15) is 0 Å². The van der Waals surface area contributed by atoms with Gasteiger partial charge in [0, 0.05) is 54.2 Å². The van der Waals surface area contributed by atoms with Crippen LogP contribution in [0.2, 0.25) is 0 Å². The van der Waals surface area contributed by atoms with E-state index in [0.717, 1.165) is 0 Å². The van der Waals surface area contributed by atoms with E-state index in [1.165, 1.54) is 0 Å². The Morgan fingerprint density at radius 3 is 0.579 bits per heavy atom. The largest absolute Gasteiger partial charge is 0.265 e. The zero-order chi connectivity index (χ0) is 12.7. The fraction of sp³-hybridized carbons (Fsp3) is 0. The van der Waals surface area contributed by atoms with Crippen LogP contribution >= 0.6 is 0 Å². The predicted molar refractivity (Wildman–Crippen MR) is 72.7 cm³/mol. The molecule has 0 fully saturated rings. The van der Waals surface area contributed by atoms with E-state index < -0.39 is 0 Å². The Morgan fingerprint density at radius 1 is 0.316 bits per heavy atom. The van der Waals surface area contributed by atoms with Crippen molar-refractivity contribution in [1.82, 2.24) is 15.0 Å². The van der Waals surface area contributed by atoms with Crippen LogP contribution in [0.5, 0.6) is 0 Å². The topological polar surface area (TPSA) is 38.7 Å². The van der Waals surface area contributed by atoms with E-state index >= 15 is 0 Å². The molecule has 0 N–H and O–H groups in total. The summed E-state index contributed by atoms with van der Waals surface area (Å²) >= 11 is 0. The Morgan fingerprint density at radius 2 is 0.526 bits per heavy atom. The van der Waals surface area contributed by atoms with Gasteiger partial charge in [-0.15, -0.1) is 0 Å². The molecule has 0 saturated heterocycles. The van der Waals surface area contributed by atoms with E-state index in [2.05, 4.69) is 15.0 Å². The Bertz CT molecular complexity index is 308. The van der Waals surface area contributed by atoms with Crippen LogP contribution in [0.15, 0.2) is 91.8 Å². The molecule has 3 rings (SSSR count). The van der Waals surface area contributed by atoms with Crippen molar-refractivity contribution >= 4 is 0 Å². The number of hydrogen-bond acceptors (Lipinski definition) is 3. The van der Waals surface area contributed by atoms with Crippen LogP contribution in [-0.4, -0.2) is 15.0 Å². The second kappa shape index (κ2) is 14.0. The molecular weight excluding hydrogens is 278 g/mol. The van der Waals surface area contributed by atoms with Crippen molar-refractivity contribution in [3.63, 3.8) is 0 Å². The molecule has 3 aromatic heterocycles. The molecule has 0 atom stereocenters. The van der Waals surface area contributed by atoms with Gasteiger partial charge in [0.15, 0.2) is 0 Å². The third-order valence-electron chi connectivity index (χ3n) is 1.70. The van der Waals surface area contributed by atoms with E-state index in [9.17, 15) is 0 Å². The van der Waals surface area contributed by atoms with Gasteiger partial charge < -0.3 is 0 Å². The van der Waals surface area contributed by atoms with Crippen molar-refractivity contribution in [2.24, 2.45) is 0 Å². The third-order valence-corrected chi connectivity index (χ3v) is 1.70. The van der Waals surface area contributed by atoms with Crippen molar-refractivity contribution in [3.8, 4) is 0 Å². The van der Waals surface area contributed by atoms with Gasteiger partial charge in [-0.3, -0.25) is 15.0 Å². The fourth-order valence-corrected chi connectivity index (χ4v) is 0.938. The number of nitrogens with zero attached hydrogens (tertiary/aromatic N) is 3. The van der Waals surface area contributed by atoms with Crippen LogP contribution in [-0.2, 0) is 17.1 Å². The van der Waals surface area contributed by atoms with Gasteiger partial charge in [-0.25, -0.2) is 0 Å². The van der Waals surface area contributed by atoms with E-state index in [0.29, 0.717) is 0 Å². The van der Waals surface area contributed by atoms with Gasteiger partial charge in [0.25, 0.3) is 0 Å². The standard InChI is InChI=1S/3C5H5N.Fe/c3*1-2-4-6-5-3-1;/h3*1-5H;. The zero-order valence-electron chi connectivity index (χ0n) is 10.4. The maximum Gasteiger partial charge on any atom is 0.0267 e. The van der Waals surface area contributed by atoms with Gasteiger partial charge in [-0.2, -0.15) is 0 Å². The molecule has 98 valence electrons. The third kappa shape index (κ3) is 12.2. The smallest absolute Gasteiger partial charge is 0.0267 e. The summed E-state index contributed by atoms with van der Waals surface area (Å²) in [4.78, 5) is 11.4. The van der Waals surface area contributed by atoms with Crippen molar-refractivity contribution < 1.29 is 17.1 Å². The van der Waals surface area contributed by atoms with Crippen molar-refractivity contribution in [2.45, 2.75) is 0 Å². The van der Waals surface area contributed by atoms with Gasteiger partial charge in [0.05, 0.1) is 0 Å². The van der Waals surface area contributed by atoms with Crippen LogP contribution in [0.25, 0.3) is 0 Å². The van der Waals surface area contributed by atoms with Crippen LogP contribution in [0.1, 0.15) is 0 Å². The summed E-state index contributed by atoms with van der Waals surface area (Å²) in [6.45, 7) is 0. The van der Waals surface area contributed by atoms with E-state index in [1.54, 1.807) is 37.2 Å². The van der Waals surface area contributed by atoms with Crippen LogP contribution < -0.4 is 0 Å². The van der Waals surface area contributed by atoms with Gasteiger partial charge in [-0.1, -0.05) is 18.2 Å². The van der Waals surface area contributed by atoms with Crippen LogP contribution in [0, 0.1) is 0 Å². The number of aromatic nitrogens is 3. The quantitative estimate of drug-likeness (QED) is 0.597. The molecular formula is C15H15FeN3. The molecule has 0 aromatic carbocycles. The molecule has 0 amide bonds. The Balaban J connectivity index is 0.000000249. The van der Waals surface area contributed by atoms with E-state index in [1.807, 2.05) is 54.6 Å². The van der Waals surface area contributed by atoms with Crippen LogP contribution in [0.4, 0.5) is 0 Å². The minimum Gasteiger partial charge on any atom is -0.265 e. The first-order valence-corrected chi connectivity index (χ1v) is 5.55. The molecule has 0 aliphatic rings. The summed E-state index contributed by atoms with van der Waals surface area (Å²) < 4.78 is 0. The zero-order valence-corrected chi connectivity index (χ0v) is 11.5. The predicted octanol–water partition coefficient (Wildman–Crippen LogP) is 3.24. The summed E-state index contributed by atoms with van der Waals surface area (Å²) in [5.74, 6) is 0. The minimum atomic E-state index is 0. The molecule has 4 heteroatoms. The first-order chi connectivity index (χ1) is 9.00. The first-order valence-electron chi connectivity index (χ1n) is 5.55. The Labute approximate surface area is 124 Å². The Hall–Kier alpha value is -2.03. The van der Waals surface area contributed by atoms with Gasteiger partial charge >= 0.3 is 0 Å². The summed E-state index contributed by atoms with van der Waals surface area (Å²) in [6.07, 6.45) is 10.5. The molecule has 3 nitrogen and oxygen atoms in total. The van der Waals surface area contributed by atoms with E-state index in [4.69, 9.17) is 0 Å². The summed E-state index contributed by atoms with van der Waals surface area (Å²) in [5, 5.41) is 0. The summed E-state index contributed by atoms with van der Waals surface area (Å²) in [7, 11) is 0. The second-order valence-corrected chi connectivity index (χ2v) is 3.07. The minimum absolute atomic E-state index is 0. The van der Waals surface area contributed by atoms with Crippen molar-refractivity contribution in [2.75, 3.05) is 0 Å². The number of rotatable bonds is 0. The fourth-order valence-electron chi connectivity index (χ4n) is 0.938. The Kier molecular flexibility index (Phi) is 12.5. The van der Waals surface area contributed by atoms with Gasteiger partial charge in [0.2, 0.25) is 0 Å². The molecule has 19 heavy (non-hydrogen) atoms. The maximum atomic E-state index is 3.78.